The minimum absolute atomic E-state index is 0.0725. The number of carbonyl (C=O) groups excluding carboxylic acids is 1. The van der Waals surface area contributed by atoms with Gasteiger partial charge in [-0.15, -0.1) is 0 Å². The number of amides is 1. The largest absolute Gasteiger partial charge is 0.508 e. The summed E-state index contributed by atoms with van der Waals surface area (Å²) in [7, 11) is 0. The van der Waals surface area contributed by atoms with Crippen LogP contribution in [0.5, 0.6) is 11.5 Å². The van der Waals surface area contributed by atoms with Gasteiger partial charge in [0.05, 0.1) is 0 Å². The number of phenols is 1. The van der Waals surface area contributed by atoms with E-state index >= 15 is 0 Å². The third-order valence-corrected chi connectivity index (χ3v) is 4.98. The van der Waals surface area contributed by atoms with Gasteiger partial charge in [0.15, 0.2) is 0 Å². The van der Waals surface area contributed by atoms with Crippen LogP contribution in [0.1, 0.15) is 16.7 Å². The Bertz CT molecular complexity index is 1070. The molecule has 0 saturated heterocycles. The number of hydrogen-bond donors (Lipinski definition) is 3. The van der Waals surface area contributed by atoms with Crippen LogP contribution in [0.4, 0.5) is 4.79 Å². The van der Waals surface area contributed by atoms with Gasteiger partial charge in [0.1, 0.15) is 17.5 Å². The number of fused-ring (bicyclic) bond motifs is 3. The first-order chi connectivity index (χ1) is 14.0. The van der Waals surface area contributed by atoms with Gasteiger partial charge < -0.3 is 20.3 Å². The minimum atomic E-state index is -1.17. The first-order valence-electron chi connectivity index (χ1n) is 9.20. The maximum Gasteiger partial charge on any atom is 0.413 e. The summed E-state index contributed by atoms with van der Waals surface area (Å²) < 4.78 is 5.47. The topological polar surface area (TPSA) is 95.9 Å². The highest BCUT2D eigenvalue weighted by molar-refractivity contribution is 5.83. The molecule has 0 spiro atoms. The van der Waals surface area contributed by atoms with Crippen LogP contribution >= 0.6 is 0 Å². The Balaban J connectivity index is 1.48. The first kappa shape index (κ1) is 18.6. The molecule has 29 heavy (non-hydrogen) atoms. The molecule has 3 N–H and O–H groups in total. The number of carboxylic acids is 1. The van der Waals surface area contributed by atoms with Crippen LogP contribution in [0.25, 0.3) is 11.1 Å². The second-order valence-corrected chi connectivity index (χ2v) is 6.91. The van der Waals surface area contributed by atoms with Crippen molar-refractivity contribution in [2.75, 3.05) is 0 Å². The van der Waals surface area contributed by atoms with E-state index in [4.69, 9.17) is 4.74 Å². The average molecular weight is 389 g/mol. The normalized spacial score (nSPS) is 12.6. The molecule has 0 aromatic heterocycles. The molecule has 0 bridgehead atoms. The Hall–Kier alpha value is -3.80. The fourth-order valence-electron chi connectivity index (χ4n) is 3.56. The molecule has 1 aliphatic carbocycles. The Kier molecular flexibility index (Phi) is 4.91. The van der Waals surface area contributed by atoms with Crippen LogP contribution in [0.15, 0.2) is 66.7 Å². The maximum absolute atomic E-state index is 12.4. The quantitative estimate of drug-likeness (QED) is 0.483. The molecule has 1 atom stereocenters. The van der Waals surface area contributed by atoms with Crippen LogP contribution in [-0.2, 0) is 17.6 Å². The van der Waals surface area contributed by atoms with E-state index in [0.29, 0.717) is 17.7 Å². The monoisotopic (exact) mass is 389 g/mol. The lowest BCUT2D eigenvalue weighted by Crippen LogP contribution is -2.43. The second kappa shape index (κ2) is 7.67. The van der Waals surface area contributed by atoms with Crippen molar-refractivity contribution in [3.63, 3.8) is 0 Å². The van der Waals surface area contributed by atoms with E-state index in [1.807, 2.05) is 36.4 Å². The number of carbonyl (C=O) groups is 2. The van der Waals surface area contributed by atoms with Crippen LogP contribution in [0, 0.1) is 0 Å². The fourth-order valence-corrected chi connectivity index (χ4v) is 3.56. The molecule has 0 radical (unpaired) electrons. The lowest BCUT2D eigenvalue weighted by molar-refractivity contribution is -0.139. The van der Waals surface area contributed by atoms with Gasteiger partial charge in [0, 0.05) is 18.4 Å². The van der Waals surface area contributed by atoms with Crippen molar-refractivity contribution in [2.24, 2.45) is 0 Å². The zero-order valence-corrected chi connectivity index (χ0v) is 15.5. The van der Waals surface area contributed by atoms with Crippen LogP contribution in [0.2, 0.25) is 0 Å². The third-order valence-electron chi connectivity index (χ3n) is 4.98. The summed E-state index contributed by atoms with van der Waals surface area (Å²) in [5.74, 6) is -0.655. The SMILES string of the molecule is O=C(N[C@@H](Cc1ccc(O)cc1)C(=O)O)Oc1cccc2c1Cc1ccccc1-2. The van der Waals surface area contributed by atoms with Gasteiger partial charge in [0.25, 0.3) is 0 Å². The van der Waals surface area contributed by atoms with Gasteiger partial charge in [-0.1, -0.05) is 48.5 Å². The summed E-state index contributed by atoms with van der Waals surface area (Å²) >= 11 is 0. The van der Waals surface area contributed by atoms with Crippen molar-refractivity contribution in [2.45, 2.75) is 18.9 Å². The fraction of sp³-hybridized carbons (Fsp3) is 0.130. The molecular weight excluding hydrogens is 370 g/mol. The predicted octanol–water partition coefficient (Wildman–Crippen LogP) is 3.75. The molecule has 0 unspecified atom stereocenters. The van der Waals surface area contributed by atoms with Crippen molar-refractivity contribution in [1.29, 1.82) is 0 Å². The molecule has 1 aliphatic rings. The Morgan fingerprint density at radius 1 is 0.966 bits per heavy atom. The van der Waals surface area contributed by atoms with Crippen molar-refractivity contribution in [3.05, 3.63) is 83.4 Å². The van der Waals surface area contributed by atoms with E-state index in [1.165, 1.54) is 12.1 Å². The van der Waals surface area contributed by atoms with E-state index in [2.05, 4.69) is 5.32 Å². The molecule has 6 heteroatoms. The number of carboxylic acid groups (broad SMARTS) is 1. The Labute approximate surface area is 167 Å². The number of nitrogens with one attached hydrogen (secondary N) is 1. The zero-order chi connectivity index (χ0) is 20.4. The van der Waals surface area contributed by atoms with Crippen molar-refractivity contribution >= 4 is 12.1 Å². The van der Waals surface area contributed by atoms with Gasteiger partial charge in [-0.25, -0.2) is 9.59 Å². The standard InChI is InChI=1S/C23H19NO5/c25-16-10-8-14(9-11-16)12-20(22(26)27)24-23(28)29-21-7-3-6-18-17-5-2-1-4-15(17)13-19(18)21/h1-11,20,25H,12-13H2,(H,24,28)(H,26,27)/t20-/m0/s1. The number of aliphatic carboxylic acids is 1. The summed E-state index contributed by atoms with van der Waals surface area (Å²) in [4.78, 5) is 24.0. The Morgan fingerprint density at radius 3 is 2.45 bits per heavy atom. The van der Waals surface area contributed by atoms with E-state index in [9.17, 15) is 19.8 Å². The van der Waals surface area contributed by atoms with E-state index in [-0.39, 0.29) is 12.2 Å². The zero-order valence-electron chi connectivity index (χ0n) is 15.5. The lowest BCUT2D eigenvalue weighted by atomic mass is 10.1. The minimum Gasteiger partial charge on any atom is -0.508 e. The van der Waals surface area contributed by atoms with E-state index < -0.39 is 18.1 Å². The average Bonchev–Trinajstić information content (AvgIpc) is 3.09. The number of benzene rings is 3. The molecule has 146 valence electrons. The number of ether oxygens (including phenoxy) is 1. The van der Waals surface area contributed by atoms with Gasteiger partial charge in [-0.3, -0.25) is 0 Å². The molecule has 6 nitrogen and oxygen atoms in total. The third kappa shape index (κ3) is 3.91. The van der Waals surface area contributed by atoms with Crippen molar-refractivity contribution in [3.8, 4) is 22.6 Å². The molecule has 3 aromatic rings. The van der Waals surface area contributed by atoms with E-state index in [0.717, 1.165) is 22.3 Å². The molecule has 0 aliphatic heterocycles. The van der Waals surface area contributed by atoms with E-state index in [1.54, 1.807) is 18.2 Å². The first-order valence-corrected chi connectivity index (χ1v) is 9.20. The molecule has 4 rings (SSSR count). The molecule has 0 heterocycles. The number of phenolic OH excluding ortho intramolecular Hbond substituents is 1. The van der Waals surface area contributed by atoms with Gasteiger partial charge in [-0.05, 0) is 40.5 Å². The summed E-state index contributed by atoms with van der Waals surface area (Å²) in [6, 6.07) is 18.5. The summed E-state index contributed by atoms with van der Waals surface area (Å²) in [6.45, 7) is 0. The highest BCUT2D eigenvalue weighted by atomic mass is 16.6. The summed E-state index contributed by atoms with van der Waals surface area (Å²) in [5.41, 5.74) is 4.88. The molecule has 0 fully saturated rings. The Morgan fingerprint density at radius 2 is 1.69 bits per heavy atom. The number of rotatable bonds is 5. The van der Waals surface area contributed by atoms with Crippen LogP contribution in [-0.4, -0.2) is 28.3 Å². The predicted molar refractivity (Wildman–Crippen MR) is 107 cm³/mol. The highest BCUT2D eigenvalue weighted by Crippen LogP contribution is 2.40. The highest BCUT2D eigenvalue weighted by Gasteiger charge is 2.25. The van der Waals surface area contributed by atoms with Crippen molar-refractivity contribution in [1.82, 2.24) is 5.32 Å². The number of aromatic hydroxyl groups is 1. The smallest absolute Gasteiger partial charge is 0.413 e. The molecular formula is C23H19NO5. The van der Waals surface area contributed by atoms with Gasteiger partial charge in [-0.2, -0.15) is 0 Å². The van der Waals surface area contributed by atoms with Crippen LogP contribution < -0.4 is 10.1 Å². The molecule has 0 saturated carbocycles. The van der Waals surface area contributed by atoms with Gasteiger partial charge in [0.2, 0.25) is 0 Å². The van der Waals surface area contributed by atoms with Crippen LogP contribution in [0.3, 0.4) is 0 Å². The van der Waals surface area contributed by atoms with Crippen molar-refractivity contribution < 1.29 is 24.5 Å². The summed E-state index contributed by atoms with van der Waals surface area (Å²) in [6.07, 6.45) is -0.0889. The lowest BCUT2D eigenvalue weighted by Gasteiger charge is -2.16. The summed E-state index contributed by atoms with van der Waals surface area (Å²) in [5, 5.41) is 21.2. The molecule has 1 amide bonds. The second-order valence-electron chi connectivity index (χ2n) is 6.91. The maximum atomic E-state index is 12.4. The molecule has 3 aromatic carbocycles. The van der Waals surface area contributed by atoms with Gasteiger partial charge >= 0.3 is 12.1 Å². The number of hydrogen-bond acceptors (Lipinski definition) is 4.